The van der Waals surface area contributed by atoms with Crippen molar-refractivity contribution < 1.29 is 0 Å². The van der Waals surface area contributed by atoms with Crippen LogP contribution in [0.2, 0.25) is 0 Å². The molecule has 0 fully saturated rings. The quantitative estimate of drug-likeness (QED) is 0.580. The average Bonchev–Trinajstić information content (AvgIpc) is 2.94. The van der Waals surface area contributed by atoms with Crippen molar-refractivity contribution >= 4 is 33.8 Å². The van der Waals surface area contributed by atoms with E-state index in [1.54, 1.807) is 6.08 Å². The van der Waals surface area contributed by atoms with Crippen molar-refractivity contribution in [2.45, 2.75) is 27.2 Å². The summed E-state index contributed by atoms with van der Waals surface area (Å²) in [4.78, 5) is 3.51. The predicted molar refractivity (Wildman–Crippen MR) is 108 cm³/mol. The smallest absolute Gasteiger partial charge is 0.0574 e. The summed E-state index contributed by atoms with van der Waals surface area (Å²) in [6.07, 6.45) is 6.68. The highest BCUT2D eigenvalue weighted by Crippen LogP contribution is 2.35. The molecule has 2 N–H and O–H groups in total. The molecule has 0 aliphatic carbocycles. The topological polar surface area (TPSA) is 27.8 Å². The Morgan fingerprint density at radius 1 is 1.38 bits per heavy atom. The second kappa shape index (κ2) is 8.07. The van der Waals surface area contributed by atoms with Crippen LogP contribution in [0.4, 0.5) is 0 Å². The lowest BCUT2D eigenvalue weighted by molar-refractivity contribution is 0.825. The Morgan fingerprint density at radius 3 is 2.75 bits per heavy atom. The number of allylic oxidation sites excluding steroid dienone is 5. The predicted octanol–water partition coefficient (Wildman–Crippen LogP) is 6.16. The van der Waals surface area contributed by atoms with E-state index in [1.165, 1.54) is 5.56 Å². The summed E-state index contributed by atoms with van der Waals surface area (Å²) in [5.41, 5.74) is 6.13. The number of hydrogen-bond acceptors (Lipinski definition) is 1. The van der Waals surface area contributed by atoms with Gasteiger partial charge in [0.1, 0.15) is 0 Å². The number of rotatable bonds is 7. The van der Waals surface area contributed by atoms with Gasteiger partial charge in [0.2, 0.25) is 0 Å². The summed E-state index contributed by atoms with van der Waals surface area (Å²) in [7, 11) is 0. The summed E-state index contributed by atoms with van der Waals surface area (Å²) in [5.74, 6) is 0. The van der Waals surface area contributed by atoms with Gasteiger partial charge >= 0.3 is 0 Å². The lowest BCUT2D eigenvalue weighted by Gasteiger charge is -2.12. The van der Waals surface area contributed by atoms with Crippen LogP contribution >= 0.6 is 11.6 Å². The molecule has 0 amide bonds. The Hall–Kier alpha value is -2.19. The first-order valence-corrected chi connectivity index (χ1v) is 8.62. The summed E-state index contributed by atoms with van der Waals surface area (Å²) >= 11 is 6.42. The van der Waals surface area contributed by atoms with Crippen molar-refractivity contribution in [2.24, 2.45) is 0 Å². The van der Waals surface area contributed by atoms with Crippen LogP contribution in [0.1, 0.15) is 37.1 Å². The molecule has 2 rings (SSSR count). The van der Waals surface area contributed by atoms with Crippen LogP contribution in [-0.4, -0.2) is 11.5 Å². The van der Waals surface area contributed by atoms with E-state index in [1.807, 2.05) is 19.1 Å². The number of nitrogens with one attached hydrogen (secondary N) is 2. The summed E-state index contributed by atoms with van der Waals surface area (Å²) in [6, 6.07) is 6.38. The molecule has 0 unspecified atom stereocenters. The monoisotopic (exact) mass is 340 g/mol. The third-order valence-corrected chi connectivity index (χ3v) is 4.24. The van der Waals surface area contributed by atoms with Gasteiger partial charge in [0.15, 0.2) is 0 Å². The molecule has 0 saturated heterocycles. The molecule has 1 aromatic heterocycles. The lowest BCUT2D eigenvalue weighted by atomic mass is 10.0. The number of fused-ring (bicyclic) bond motifs is 1. The number of H-pyrrole nitrogens is 1. The molecule has 2 aromatic rings. The van der Waals surface area contributed by atoms with Crippen molar-refractivity contribution in [3.05, 3.63) is 71.4 Å². The van der Waals surface area contributed by atoms with E-state index >= 15 is 0 Å². The van der Waals surface area contributed by atoms with Crippen molar-refractivity contribution in [3.8, 4) is 0 Å². The van der Waals surface area contributed by atoms with Crippen LogP contribution < -0.4 is 5.32 Å². The molecular formula is C21H25ClN2. The Bertz CT molecular complexity index is 822. The van der Waals surface area contributed by atoms with Gasteiger partial charge in [-0.2, -0.15) is 0 Å². The normalized spacial score (nSPS) is 12.5. The van der Waals surface area contributed by atoms with Crippen molar-refractivity contribution in [1.82, 2.24) is 10.3 Å². The Kier molecular flexibility index (Phi) is 6.10. The minimum absolute atomic E-state index is 0.612. The minimum Gasteiger partial charge on any atom is -0.385 e. The first-order chi connectivity index (χ1) is 11.5. The number of benzene rings is 1. The zero-order valence-electron chi connectivity index (χ0n) is 14.7. The molecule has 0 saturated carbocycles. The van der Waals surface area contributed by atoms with Gasteiger partial charge in [-0.05, 0) is 32.4 Å². The lowest BCUT2D eigenvalue weighted by Crippen LogP contribution is -2.12. The van der Waals surface area contributed by atoms with Gasteiger partial charge < -0.3 is 10.3 Å². The molecule has 0 radical (unpaired) electrons. The summed E-state index contributed by atoms with van der Waals surface area (Å²) < 4.78 is 0. The van der Waals surface area contributed by atoms with Gasteiger partial charge in [-0.15, -0.1) is 0 Å². The fourth-order valence-electron chi connectivity index (χ4n) is 2.74. The maximum absolute atomic E-state index is 6.42. The molecular weight excluding hydrogens is 316 g/mol. The number of halogens is 1. The molecule has 0 atom stereocenters. The second-order valence-electron chi connectivity index (χ2n) is 5.80. The molecule has 0 aliphatic rings. The Morgan fingerprint density at radius 2 is 2.12 bits per heavy atom. The van der Waals surface area contributed by atoms with Gasteiger partial charge in [0.05, 0.1) is 5.69 Å². The largest absolute Gasteiger partial charge is 0.385 e. The number of aryl methyl sites for hydroxylation is 1. The summed E-state index contributed by atoms with van der Waals surface area (Å²) in [5, 5.41) is 5.17. The fraction of sp³-hybridized carbons (Fsp3) is 0.238. The van der Waals surface area contributed by atoms with Crippen LogP contribution in [0.25, 0.3) is 22.2 Å². The van der Waals surface area contributed by atoms with Crippen molar-refractivity contribution in [3.63, 3.8) is 0 Å². The number of aromatic amines is 1. The highest BCUT2D eigenvalue weighted by atomic mass is 35.5. The van der Waals surface area contributed by atoms with Crippen LogP contribution in [0.5, 0.6) is 0 Å². The van der Waals surface area contributed by atoms with E-state index in [-0.39, 0.29) is 0 Å². The molecule has 24 heavy (non-hydrogen) atoms. The van der Waals surface area contributed by atoms with Crippen LogP contribution in [-0.2, 0) is 0 Å². The van der Waals surface area contributed by atoms with E-state index in [9.17, 15) is 0 Å². The molecule has 126 valence electrons. The first-order valence-electron chi connectivity index (χ1n) is 8.24. The molecule has 2 nitrogen and oxygen atoms in total. The maximum atomic E-state index is 6.42. The Balaban J connectivity index is 2.77. The number of hydrogen-bond donors (Lipinski definition) is 2. The second-order valence-corrected chi connectivity index (χ2v) is 6.20. The maximum Gasteiger partial charge on any atom is 0.0574 e. The molecule has 3 heteroatoms. The van der Waals surface area contributed by atoms with E-state index < -0.39 is 0 Å². The van der Waals surface area contributed by atoms with Crippen LogP contribution in [0.15, 0.2) is 54.6 Å². The Labute approximate surface area is 149 Å². The minimum atomic E-state index is 0.612. The zero-order chi connectivity index (χ0) is 17.7. The van der Waals surface area contributed by atoms with Gasteiger partial charge in [0, 0.05) is 39.3 Å². The van der Waals surface area contributed by atoms with Crippen LogP contribution in [0, 0.1) is 6.92 Å². The average molecular weight is 341 g/mol. The van der Waals surface area contributed by atoms with Gasteiger partial charge in [-0.1, -0.05) is 61.5 Å². The van der Waals surface area contributed by atoms with Crippen LogP contribution in [0.3, 0.4) is 0 Å². The van der Waals surface area contributed by atoms with E-state index in [4.69, 9.17) is 11.6 Å². The van der Waals surface area contributed by atoms with E-state index in [0.29, 0.717) is 5.03 Å². The molecule has 0 aliphatic heterocycles. The van der Waals surface area contributed by atoms with Crippen molar-refractivity contribution in [1.29, 1.82) is 0 Å². The number of aromatic nitrogens is 1. The highest BCUT2D eigenvalue weighted by Gasteiger charge is 2.17. The van der Waals surface area contributed by atoms with Gasteiger partial charge in [-0.25, -0.2) is 0 Å². The van der Waals surface area contributed by atoms with E-state index in [2.05, 4.69) is 55.5 Å². The van der Waals surface area contributed by atoms with E-state index in [0.717, 1.165) is 46.4 Å². The van der Waals surface area contributed by atoms with Gasteiger partial charge in [-0.3, -0.25) is 0 Å². The van der Waals surface area contributed by atoms with Crippen molar-refractivity contribution in [2.75, 3.05) is 6.54 Å². The third kappa shape index (κ3) is 3.65. The fourth-order valence-corrected chi connectivity index (χ4v) is 2.90. The summed E-state index contributed by atoms with van der Waals surface area (Å²) in [6.45, 7) is 15.2. The molecule has 0 spiro atoms. The first kappa shape index (κ1) is 18.2. The third-order valence-electron chi connectivity index (χ3n) is 3.88. The molecule has 0 bridgehead atoms. The highest BCUT2D eigenvalue weighted by molar-refractivity contribution is 6.35. The SMILES string of the molecule is C=C/C(Cl)=C(\C=C/C)c1[nH]c2ccc(C)cc2c1C(=C)NCCC. The van der Waals surface area contributed by atoms with Gasteiger partial charge in [0.25, 0.3) is 0 Å². The molecule has 1 aromatic carbocycles. The zero-order valence-corrected chi connectivity index (χ0v) is 15.4. The standard InChI is InChI=1S/C21H25ClN2/c1-6-9-16(18(22)8-3)21-20(15(5)23-12-7-2)17-13-14(4)10-11-19(17)24-21/h6,8-11,13,23-24H,3,5,7,12H2,1-2,4H3/b9-6-,18-16-. The molecule has 1 heterocycles.